The van der Waals surface area contributed by atoms with E-state index in [2.05, 4.69) is 5.32 Å². The molecule has 1 aromatic heterocycles. The lowest BCUT2D eigenvalue weighted by atomic mass is 10.2. The van der Waals surface area contributed by atoms with Crippen LogP contribution in [0.5, 0.6) is 0 Å². The van der Waals surface area contributed by atoms with E-state index in [9.17, 15) is 14.9 Å². The molecular weight excluding hydrogens is 266 g/mol. The van der Waals surface area contributed by atoms with E-state index in [1.54, 1.807) is 30.3 Å². The molecule has 1 aromatic carbocycles. The van der Waals surface area contributed by atoms with Gasteiger partial charge in [-0.2, -0.15) is 0 Å². The fourth-order valence-corrected chi connectivity index (χ4v) is 2.29. The van der Waals surface area contributed by atoms with E-state index in [4.69, 9.17) is 5.73 Å². The van der Waals surface area contributed by atoms with Gasteiger partial charge in [-0.15, -0.1) is 0 Å². The van der Waals surface area contributed by atoms with Crippen molar-refractivity contribution in [3.05, 3.63) is 57.0 Å². The molecule has 0 spiro atoms. The topological polar surface area (TPSA) is 98.3 Å². The smallest absolute Gasteiger partial charge is 0.324 e. The van der Waals surface area contributed by atoms with Crippen molar-refractivity contribution >= 4 is 27.9 Å². The Morgan fingerprint density at radius 3 is 2.79 bits per heavy atom. The molecule has 19 heavy (non-hydrogen) atoms. The van der Waals surface area contributed by atoms with Gasteiger partial charge in [0.1, 0.15) is 0 Å². The van der Waals surface area contributed by atoms with Crippen LogP contribution >= 0.6 is 11.3 Å². The minimum absolute atomic E-state index is 0.114. The number of hydrogen-bond donors (Lipinski definition) is 2. The maximum atomic E-state index is 11.0. The molecule has 3 N–H and O–H groups in total. The Labute approximate surface area is 113 Å². The second kappa shape index (κ2) is 5.49. The van der Waals surface area contributed by atoms with Crippen LogP contribution in [-0.2, 0) is 6.54 Å². The van der Waals surface area contributed by atoms with Gasteiger partial charge in [0.15, 0.2) is 0 Å². The summed E-state index contributed by atoms with van der Waals surface area (Å²) in [6, 6.07) is 9.97. The number of hydrogen-bond acceptors (Lipinski definition) is 5. The molecule has 0 atom stereocenters. The standard InChI is InChI=1S/C12H11N3O3S/c13-12(16)8-2-1-3-9(6-8)14-7-10-4-5-11(19-10)15(17)18/h1-6,14H,7H2,(H2,13,16). The van der Waals surface area contributed by atoms with Gasteiger partial charge >= 0.3 is 5.00 Å². The van der Waals surface area contributed by atoms with Crippen molar-refractivity contribution in [2.75, 3.05) is 5.32 Å². The number of nitro groups is 1. The first-order valence-corrected chi connectivity index (χ1v) is 6.25. The number of primary amides is 1. The van der Waals surface area contributed by atoms with Crippen LogP contribution in [0.25, 0.3) is 0 Å². The molecular formula is C12H11N3O3S. The Morgan fingerprint density at radius 1 is 1.37 bits per heavy atom. The van der Waals surface area contributed by atoms with Crippen molar-refractivity contribution in [3.63, 3.8) is 0 Å². The van der Waals surface area contributed by atoms with Gasteiger partial charge in [-0.1, -0.05) is 17.4 Å². The number of carbonyl (C=O) groups excluding carboxylic acids is 1. The predicted octanol–water partition coefficient (Wildman–Crippen LogP) is 2.37. The lowest BCUT2D eigenvalue weighted by molar-refractivity contribution is -0.380. The fraction of sp³-hybridized carbons (Fsp3) is 0.0833. The number of nitrogens with zero attached hydrogens (tertiary/aromatic N) is 1. The first-order valence-electron chi connectivity index (χ1n) is 5.43. The quantitative estimate of drug-likeness (QED) is 0.647. The highest BCUT2D eigenvalue weighted by Gasteiger charge is 2.09. The molecule has 0 radical (unpaired) electrons. The van der Waals surface area contributed by atoms with E-state index in [0.29, 0.717) is 12.1 Å². The number of carbonyl (C=O) groups is 1. The van der Waals surface area contributed by atoms with Crippen LogP contribution in [0.4, 0.5) is 10.7 Å². The minimum Gasteiger partial charge on any atom is -0.380 e. The Morgan fingerprint density at radius 2 is 2.16 bits per heavy atom. The highest BCUT2D eigenvalue weighted by atomic mass is 32.1. The van der Waals surface area contributed by atoms with Gasteiger partial charge in [-0.3, -0.25) is 14.9 Å². The van der Waals surface area contributed by atoms with Crippen molar-refractivity contribution in [1.29, 1.82) is 0 Å². The molecule has 98 valence electrons. The van der Waals surface area contributed by atoms with Gasteiger partial charge in [0, 0.05) is 28.7 Å². The summed E-state index contributed by atoms with van der Waals surface area (Å²) >= 11 is 1.12. The van der Waals surface area contributed by atoms with E-state index < -0.39 is 10.8 Å². The van der Waals surface area contributed by atoms with Crippen molar-refractivity contribution < 1.29 is 9.72 Å². The molecule has 0 fully saturated rings. The van der Waals surface area contributed by atoms with Gasteiger partial charge in [0.05, 0.1) is 4.92 Å². The van der Waals surface area contributed by atoms with E-state index in [1.165, 1.54) is 6.07 Å². The van der Waals surface area contributed by atoms with E-state index >= 15 is 0 Å². The van der Waals surface area contributed by atoms with E-state index in [-0.39, 0.29) is 5.00 Å². The monoisotopic (exact) mass is 277 g/mol. The molecule has 7 heteroatoms. The zero-order valence-corrected chi connectivity index (χ0v) is 10.6. The summed E-state index contributed by atoms with van der Waals surface area (Å²) in [5, 5.41) is 13.8. The summed E-state index contributed by atoms with van der Waals surface area (Å²) in [5.41, 5.74) is 6.35. The van der Waals surface area contributed by atoms with Crippen LogP contribution in [0, 0.1) is 10.1 Å². The number of rotatable bonds is 5. The Bertz CT molecular complexity index is 624. The Balaban J connectivity index is 2.03. The van der Waals surface area contributed by atoms with Gasteiger partial charge in [-0.05, 0) is 24.3 Å². The maximum Gasteiger partial charge on any atom is 0.324 e. The number of amides is 1. The van der Waals surface area contributed by atoms with Crippen molar-refractivity contribution in [2.45, 2.75) is 6.54 Å². The van der Waals surface area contributed by atoms with Gasteiger partial charge in [0.2, 0.25) is 5.91 Å². The first-order chi connectivity index (χ1) is 9.06. The zero-order valence-electron chi connectivity index (χ0n) is 9.83. The zero-order chi connectivity index (χ0) is 13.8. The van der Waals surface area contributed by atoms with Crippen molar-refractivity contribution in [3.8, 4) is 0 Å². The molecule has 2 aromatic rings. The van der Waals surface area contributed by atoms with Gasteiger partial charge < -0.3 is 11.1 Å². The summed E-state index contributed by atoms with van der Waals surface area (Å²) in [6.07, 6.45) is 0. The molecule has 0 bridgehead atoms. The SMILES string of the molecule is NC(=O)c1cccc(NCc2ccc([N+](=O)[O-])s2)c1. The van der Waals surface area contributed by atoms with Gasteiger partial charge in [-0.25, -0.2) is 0 Å². The molecule has 1 heterocycles. The van der Waals surface area contributed by atoms with Gasteiger partial charge in [0.25, 0.3) is 0 Å². The van der Waals surface area contributed by atoms with Crippen molar-refractivity contribution in [1.82, 2.24) is 0 Å². The third-order valence-electron chi connectivity index (χ3n) is 2.44. The minimum atomic E-state index is -0.490. The number of nitrogens with two attached hydrogens (primary N) is 1. The van der Waals surface area contributed by atoms with Crippen molar-refractivity contribution in [2.24, 2.45) is 5.73 Å². The maximum absolute atomic E-state index is 11.0. The first kappa shape index (κ1) is 13.0. The largest absolute Gasteiger partial charge is 0.380 e. The number of anilines is 1. The third kappa shape index (κ3) is 3.29. The lowest BCUT2D eigenvalue weighted by Crippen LogP contribution is -2.11. The molecule has 6 nitrogen and oxygen atoms in total. The molecule has 0 unspecified atom stereocenters. The molecule has 2 rings (SSSR count). The normalized spacial score (nSPS) is 10.1. The summed E-state index contributed by atoms with van der Waals surface area (Å²) < 4.78 is 0. The second-order valence-electron chi connectivity index (χ2n) is 3.80. The summed E-state index contributed by atoms with van der Waals surface area (Å²) in [6.45, 7) is 0.459. The number of thiophene rings is 1. The summed E-state index contributed by atoms with van der Waals surface area (Å²) in [7, 11) is 0. The average molecular weight is 277 g/mol. The fourth-order valence-electron chi connectivity index (χ4n) is 1.53. The molecule has 0 saturated carbocycles. The second-order valence-corrected chi connectivity index (χ2v) is 4.94. The molecule has 0 saturated heterocycles. The van der Waals surface area contributed by atoms with E-state index in [0.717, 1.165) is 21.9 Å². The van der Waals surface area contributed by atoms with Crippen LogP contribution in [0.2, 0.25) is 0 Å². The van der Waals surface area contributed by atoms with Crippen LogP contribution in [0.1, 0.15) is 15.2 Å². The summed E-state index contributed by atoms with van der Waals surface area (Å²) in [4.78, 5) is 22.0. The Hall–Kier alpha value is -2.41. The molecule has 0 aliphatic rings. The predicted molar refractivity (Wildman–Crippen MR) is 73.3 cm³/mol. The summed E-state index contributed by atoms with van der Waals surface area (Å²) in [5.74, 6) is -0.490. The highest BCUT2D eigenvalue weighted by Crippen LogP contribution is 2.24. The molecule has 0 aliphatic heterocycles. The van der Waals surface area contributed by atoms with E-state index in [1.807, 2.05) is 0 Å². The molecule has 0 aliphatic carbocycles. The van der Waals surface area contributed by atoms with Crippen LogP contribution in [0.3, 0.4) is 0 Å². The molecule has 1 amide bonds. The number of benzene rings is 1. The average Bonchev–Trinajstić information content (AvgIpc) is 2.85. The highest BCUT2D eigenvalue weighted by molar-refractivity contribution is 7.15. The van der Waals surface area contributed by atoms with Crippen LogP contribution in [0.15, 0.2) is 36.4 Å². The Kier molecular flexibility index (Phi) is 3.76. The lowest BCUT2D eigenvalue weighted by Gasteiger charge is -2.05. The van der Waals surface area contributed by atoms with Crippen LogP contribution < -0.4 is 11.1 Å². The van der Waals surface area contributed by atoms with Crippen LogP contribution in [-0.4, -0.2) is 10.8 Å². The third-order valence-corrected chi connectivity index (χ3v) is 3.48. The number of nitrogens with one attached hydrogen (secondary N) is 1.